The van der Waals surface area contributed by atoms with Crippen molar-refractivity contribution >= 4 is 15.9 Å². The molecule has 1 fully saturated rings. The summed E-state index contributed by atoms with van der Waals surface area (Å²) in [6, 6.07) is 16.0. The molecule has 2 heterocycles. The van der Waals surface area contributed by atoms with Gasteiger partial charge in [0.15, 0.2) is 0 Å². The average Bonchev–Trinajstić information content (AvgIpc) is 2.84. The Hall–Kier alpha value is -3.10. The Kier molecular flexibility index (Phi) is 6.62. The van der Waals surface area contributed by atoms with Crippen LogP contribution in [-0.4, -0.2) is 36.7 Å². The van der Waals surface area contributed by atoms with Crippen LogP contribution in [0.3, 0.4) is 0 Å². The maximum atomic E-state index is 14.5. The number of aromatic nitrogens is 1. The predicted octanol–water partition coefficient (Wildman–Crippen LogP) is 3.91. The number of carbonyl (C=O) groups is 1. The Morgan fingerprint density at radius 2 is 1.59 bits per heavy atom. The van der Waals surface area contributed by atoms with Crippen molar-refractivity contribution in [1.29, 1.82) is 0 Å². The van der Waals surface area contributed by atoms with E-state index in [-0.39, 0.29) is 5.56 Å². The summed E-state index contributed by atoms with van der Waals surface area (Å²) in [4.78, 5) is 16.7. The number of piperidine rings is 1. The second kappa shape index (κ2) is 9.58. The van der Waals surface area contributed by atoms with Gasteiger partial charge in [0, 0.05) is 31.0 Å². The zero-order valence-corrected chi connectivity index (χ0v) is 18.3. The van der Waals surface area contributed by atoms with Gasteiger partial charge >= 0.3 is 0 Å². The summed E-state index contributed by atoms with van der Waals surface area (Å²) >= 11 is 0. The van der Waals surface area contributed by atoms with Crippen LogP contribution < -0.4 is 5.32 Å². The van der Waals surface area contributed by atoms with Crippen LogP contribution in [0.15, 0.2) is 78.0 Å². The number of halogens is 1. The van der Waals surface area contributed by atoms with Gasteiger partial charge in [0.1, 0.15) is 10.7 Å². The molecule has 0 aliphatic carbocycles. The van der Waals surface area contributed by atoms with E-state index in [4.69, 9.17) is 0 Å². The minimum atomic E-state index is -4.01. The summed E-state index contributed by atoms with van der Waals surface area (Å²) in [5.74, 6) is -1.35. The first kappa shape index (κ1) is 22.1. The number of carbonyl (C=O) groups excluding carboxylic acids is 1. The fourth-order valence-electron chi connectivity index (χ4n) is 3.86. The van der Waals surface area contributed by atoms with E-state index in [1.54, 1.807) is 24.5 Å². The summed E-state index contributed by atoms with van der Waals surface area (Å²) in [7, 11) is -4.01. The van der Waals surface area contributed by atoms with E-state index in [9.17, 15) is 17.6 Å². The van der Waals surface area contributed by atoms with Gasteiger partial charge < -0.3 is 5.32 Å². The Morgan fingerprint density at radius 1 is 0.938 bits per heavy atom. The van der Waals surface area contributed by atoms with Gasteiger partial charge in [0.25, 0.3) is 5.91 Å². The van der Waals surface area contributed by atoms with Crippen LogP contribution in [0.25, 0.3) is 0 Å². The maximum absolute atomic E-state index is 14.5. The lowest BCUT2D eigenvalue weighted by Crippen LogP contribution is -2.36. The van der Waals surface area contributed by atoms with Crippen LogP contribution >= 0.6 is 0 Å². The quantitative estimate of drug-likeness (QED) is 0.614. The van der Waals surface area contributed by atoms with Gasteiger partial charge in [-0.1, -0.05) is 36.8 Å². The first-order chi connectivity index (χ1) is 15.5. The molecule has 32 heavy (non-hydrogen) atoms. The largest absolute Gasteiger partial charge is 0.341 e. The van der Waals surface area contributed by atoms with E-state index < -0.39 is 32.7 Å². The van der Waals surface area contributed by atoms with Crippen LogP contribution in [0.1, 0.15) is 46.8 Å². The minimum absolute atomic E-state index is 0.0805. The SMILES string of the molecule is O=C(NC(c1ccccc1)c1ccncc1)c1ccc(F)c(S(=O)(=O)N2CCCCC2)c1. The number of benzene rings is 2. The topological polar surface area (TPSA) is 79.4 Å². The van der Waals surface area contributed by atoms with Crippen molar-refractivity contribution in [3.63, 3.8) is 0 Å². The van der Waals surface area contributed by atoms with E-state index in [1.165, 1.54) is 10.4 Å². The molecule has 1 aliphatic rings. The number of nitrogens with one attached hydrogen (secondary N) is 1. The molecule has 6 nitrogen and oxygen atoms in total. The summed E-state index contributed by atoms with van der Waals surface area (Å²) in [5.41, 5.74) is 1.76. The van der Waals surface area contributed by atoms with Crippen molar-refractivity contribution in [3.8, 4) is 0 Å². The minimum Gasteiger partial charge on any atom is -0.341 e. The molecule has 0 spiro atoms. The molecule has 1 unspecified atom stereocenters. The fraction of sp³-hybridized carbons (Fsp3) is 0.250. The first-order valence-electron chi connectivity index (χ1n) is 10.5. The Labute approximate surface area is 187 Å². The van der Waals surface area contributed by atoms with Gasteiger partial charge in [-0.25, -0.2) is 12.8 Å². The predicted molar refractivity (Wildman–Crippen MR) is 119 cm³/mol. The van der Waals surface area contributed by atoms with E-state index in [0.717, 1.165) is 42.5 Å². The summed E-state index contributed by atoms with van der Waals surface area (Å²) in [6.45, 7) is 0.715. The summed E-state index contributed by atoms with van der Waals surface area (Å²) in [5, 5.41) is 2.95. The number of amides is 1. The molecule has 1 amide bonds. The highest BCUT2D eigenvalue weighted by Crippen LogP contribution is 2.25. The van der Waals surface area contributed by atoms with Gasteiger partial charge in [-0.2, -0.15) is 4.31 Å². The standard InChI is InChI=1S/C24H24FN3O3S/c25-21-10-9-20(17-22(21)32(30,31)28-15-5-2-6-16-28)24(29)27-23(18-7-3-1-4-8-18)19-11-13-26-14-12-19/h1,3-4,7-14,17,23H,2,5-6,15-16H2,(H,27,29). The zero-order valence-electron chi connectivity index (χ0n) is 17.4. The lowest BCUT2D eigenvalue weighted by molar-refractivity contribution is 0.0942. The molecule has 1 atom stereocenters. The van der Waals surface area contributed by atoms with Crippen molar-refractivity contribution in [1.82, 2.24) is 14.6 Å². The zero-order chi connectivity index (χ0) is 22.6. The molecule has 1 aliphatic heterocycles. The second-order valence-corrected chi connectivity index (χ2v) is 9.61. The van der Waals surface area contributed by atoms with E-state index >= 15 is 0 Å². The molecule has 1 N–H and O–H groups in total. The first-order valence-corrected chi connectivity index (χ1v) is 12.0. The number of hydrogen-bond donors (Lipinski definition) is 1. The summed E-state index contributed by atoms with van der Waals surface area (Å²) in [6.07, 6.45) is 5.71. The average molecular weight is 454 g/mol. The van der Waals surface area contributed by atoms with E-state index in [0.29, 0.717) is 13.1 Å². The molecule has 4 rings (SSSR count). The highest BCUT2D eigenvalue weighted by Gasteiger charge is 2.29. The molecular weight excluding hydrogens is 429 g/mol. The second-order valence-electron chi connectivity index (χ2n) is 7.71. The Balaban J connectivity index is 1.65. The summed E-state index contributed by atoms with van der Waals surface area (Å²) < 4.78 is 41.8. The molecule has 8 heteroatoms. The number of rotatable bonds is 6. The lowest BCUT2D eigenvalue weighted by atomic mass is 9.99. The van der Waals surface area contributed by atoms with Crippen molar-refractivity contribution in [2.75, 3.05) is 13.1 Å². The van der Waals surface area contributed by atoms with Crippen molar-refractivity contribution in [2.45, 2.75) is 30.2 Å². The molecule has 1 aromatic heterocycles. The molecule has 1 saturated heterocycles. The Morgan fingerprint density at radius 3 is 2.28 bits per heavy atom. The van der Waals surface area contributed by atoms with Crippen LogP contribution in [0.2, 0.25) is 0 Å². The third-order valence-electron chi connectivity index (χ3n) is 5.57. The van der Waals surface area contributed by atoms with Crippen molar-refractivity contribution in [3.05, 3.63) is 95.6 Å². The van der Waals surface area contributed by atoms with E-state index in [1.807, 2.05) is 30.3 Å². The third kappa shape index (κ3) is 4.71. The lowest BCUT2D eigenvalue weighted by Gasteiger charge is -2.26. The van der Waals surface area contributed by atoms with E-state index in [2.05, 4.69) is 10.3 Å². The van der Waals surface area contributed by atoms with Gasteiger partial charge in [0.2, 0.25) is 10.0 Å². The molecular formula is C24H24FN3O3S. The normalized spacial score (nSPS) is 15.8. The molecule has 0 radical (unpaired) electrons. The number of hydrogen-bond acceptors (Lipinski definition) is 4. The maximum Gasteiger partial charge on any atom is 0.252 e. The molecule has 3 aromatic rings. The number of nitrogens with zero attached hydrogens (tertiary/aromatic N) is 2. The molecule has 0 saturated carbocycles. The smallest absolute Gasteiger partial charge is 0.252 e. The molecule has 2 aromatic carbocycles. The third-order valence-corrected chi connectivity index (χ3v) is 7.49. The van der Waals surface area contributed by atoms with Gasteiger partial charge in [0.05, 0.1) is 6.04 Å². The number of sulfonamides is 1. The van der Waals surface area contributed by atoms with Crippen molar-refractivity contribution < 1.29 is 17.6 Å². The van der Waals surface area contributed by atoms with Gasteiger partial charge in [-0.15, -0.1) is 0 Å². The highest BCUT2D eigenvalue weighted by atomic mass is 32.2. The van der Waals surface area contributed by atoms with Crippen LogP contribution in [-0.2, 0) is 10.0 Å². The fourth-order valence-corrected chi connectivity index (χ4v) is 5.47. The highest BCUT2D eigenvalue weighted by molar-refractivity contribution is 7.89. The Bertz CT molecular complexity index is 1140. The van der Waals surface area contributed by atoms with Crippen LogP contribution in [0.4, 0.5) is 4.39 Å². The number of pyridine rings is 1. The van der Waals surface area contributed by atoms with Gasteiger partial charge in [-0.05, 0) is 54.3 Å². The molecule has 166 valence electrons. The van der Waals surface area contributed by atoms with Crippen molar-refractivity contribution in [2.24, 2.45) is 0 Å². The van der Waals surface area contributed by atoms with Crippen LogP contribution in [0, 0.1) is 5.82 Å². The van der Waals surface area contributed by atoms with Crippen LogP contribution in [0.5, 0.6) is 0 Å². The molecule has 0 bridgehead atoms. The monoisotopic (exact) mass is 453 g/mol. The van der Waals surface area contributed by atoms with Gasteiger partial charge in [-0.3, -0.25) is 9.78 Å².